The molecule has 2 aromatic heterocycles. The molecule has 0 aliphatic carbocycles. The number of hydrogen-bond donors (Lipinski definition) is 2. The molecular weight excluding hydrogens is 537 g/mol. The van der Waals surface area contributed by atoms with Crippen LogP contribution < -0.4 is 16.2 Å². The molecule has 4 rings (SSSR count). The van der Waals surface area contributed by atoms with Crippen LogP contribution in [0, 0.1) is 0 Å². The van der Waals surface area contributed by atoms with Crippen LogP contribution in [0.1, 0.15) is 58.3 Å². The Bertz CT molecular complexity index is 1490. The lowest BCUT2D eigenvalue weighted by atomic mass is 9.98. The maximum atomic E-state index is 13.7. The zero-order chi connectivity index (χ0) is 28.6. The predicted octanol–water partition coefficient (Wildman–Crippen LogP) is 4.07. The van der Waals surface area contributed by atoms with E-state index >= 15 is 0 Å². The van der Waals surface area contributed by atoms with Crippen molar-refractivity contribution in [3.63, 3.8) is 0 Å². The van der Waals surface area contributed by atoms with E-state index in [0.717, 1.165) is 12.1 Å². The average molecular weight is 563 g/mol. The number of amides is 2. The largest absolute Gasteiger partial charge is 0.417 e. The van der Waals surface area contributed by atoms with Crippen molar-refractivity contribution >= 4 is 29.4 Å². The molecule has 1 aliphatic heterocycles. The summed E-state index contributed by atoms with van der Waals surface area (Å²) in [7, 11) is 1.50. The molecule has 3 heterocycles. The van der Waals surface area contributed by atoms with Crippen molar-refractivity contribution in [2.45, 2.75) is 52.0 Å². The Kier molecular flexibility index (Phi) is 7.69. The number of rotatable bonds is 5. The van der Waals surface area contributed by atoms with Crippen LogP contribution in [0.15, 0.2) is 41.3 Å². The number of alkyl halides is 3. The summed E-state index contributed by atoms with van der Waals surface area (Å²) in [4.78, 5) is 49.2. The molecule has 9 nitrogen and oxygen atoms in total. The maximum absolute atomic E-state index is 13.7. The van der Waals surface area contributed by atoms with Crippen molar-refractivity contribution in [1.82, 2.24) is 24.8 Å². The number of carbonyl (C=O) groups is 2. The molecule has 39 heavy (non-hydrogen) atoms. The molecule has 2 amide bonds. The molecule has 1 aliphatic rings. The predicted molar refractivity (Wildman–Crippen MR) is 139 cm³/mol. The Morgan fingerprint density at radius 1 is 1.15 bits per heavy atom. The normalized spacial score (nSPS) is 15.2. The molecule has 0 saturated carbocycles. The lowest BCUT2D eigenvalue weighted by Crippen LogP contribution is -2.46. The van der Waals surface area contributed by atoms with Crippen LogP contribution in [-0.4, -0.2) is 50.4 Å². The highest BCUT2D eigenvalue weighted by atomic mass is 35.5. The second kappa shape index (κ2) is 10.7. The van der Waals surface area contributed by atoms with E-state index in [1.54, 1.807) is 6.92 Å². The number of nitrogens with one attached hydrogen (secondary N) is 2. The molecule has 0 unspecified atom stereocenters. The molecule has 13 heteroatoms. The summed E-state index contributed by atoms with van der Waals surface area (Å²) in [5.41, 5.74) is -0.649. The van der Waals surface area contributed by atoms with Crippen molar-refractivity contribution in [3.05, 3.63) is 79.9 Å². The van der Waals surface area contributed by atoms with Gasteiger partial charge in [-0.2, -0.15) is 13.2 Å². The number of nitrogens with zero attached hydrogens (tertiary/aromatic N) is 4. The number of aromatic nitrogens is 3. The maximum Gasteiger partial charge on any atom is 0.417 e. The Labute approximate surface area is 227 Å². The minimum Gasteiger partial charge on any atom is -0.355 e. The first-order valence-corrected chi connectivity index (χ1v) is 12.5. The highest BCUT2D eigenvalue weighted by Gasteiger charge is 2.36. The van der Waals surface area contributed by atoms with Gasteiger partial charge >= 0.3 is 6.18 Å². The molecule has 3 aromatic rings. The number of pyridine rings is 1. The van der Waals surface area contributed by atoms with Gasteiger partial charge < -0.3 is 15.5 Å². The molecular formula is C26H26ClF3N6O3. The highest BCUT2D eigenvalue weighted by molar-refractivity contribution is 6.31. The van der Waals surface area contributed by atoms with Gasteiger partial charge in [-0.25, -0.2) is 14.5 Å². The highest BCUT2D eigenvalue weighted by Crippen LogP contribution is 2.35. The molecule has 0 saturated heterocycles. The third-order valence-electron chi connectivity index (χ3n) is 6.28. The lowest BCUT2D eigenvalue weighted by Gasteiger charge is -2.34. The van der Waals surface area contributed by atoms with E-state index in [9.17, 15) is 27.6 Å². The van der Waals surface area contributed by atoms with Crippen LogP contribution in [0.3, 0.4) is 0 Å². The second-order valence-corrected chi connectivity index (χ2v) is 9.87. The van der Waals surface area contributed by atoms with Crippen molar-refractivity contribution < 1.29 is 22.8 Å². The topological polar surface area (TPSA) is 109 Å². The van der Waals surface area contributed by atoms with Gasteiger partial charge in [-0.15, -0.1) is 0 Å². The number of hydrogen-bond acceptors (Lipinski definition) is 6. The summed E-state index contributed by atoms with van der Waals surface area (Å²) >= 11 is 5.72. The number of carbonyl (C=O) groups excluding carboxylic acids is 2. The van der Waals surface area contributed by atoms with Crippen LogP contribution in [0.4, 0.5) is 19.1 Å². The van der Waals surface area contributed by atoms with Gasteiger partial charge in [0.2, 0.25) is 5.95 Å². The minimum atomic E-state index is -4.72. The number of halogens is 4. The van der Waals surface area contributed by atoms with Crippen LogP contribution in [0.25, 0.3) is 5.82 Å². The first kappa shape index (κ1) is 28.1. The minimum absolute atomic E-state index is 0.0782. The van der Waals surface area contributed by atoms with Gasteiger partial charge in [0.05, 0.1) is 28.4 Å². The van der Waals surface area contributed by atoms with Crippen molar-refractivity contribution in [2.24, 2.45) is 0 Å². The van der Waals surface area contributed by atoms with Crippen LogP contribution in [0.5, 0.6) is 0 Å². The van der Waals surface area contributed by atoms with E-state index in [-0.39, 0.29) is 42.2 Å². The van der Waals surface area contributed by atoms with Crippen molar-refractivity contribution in [1.29, 1.82) is 0 Å². The van der Waals surface area contributed by atoms with Crippen LogP contribution >= 0.6 is 11.6 Å². The van der Waals surface area contributed by atoms with Crippen LogP contribution in [-0.2, 0) is 19.1 Å². The van der Waals surface area contributed by atoms with E-state index in [2.05, 4.69) is 20.6 Å². The van der Waals surface area contributed by atoms with Crippen molar-refractivity contribution in [3.8, 4) is 5.82 Å². The summed E-state index contributed by atoms with van der Waals surface area (Å²) in [5.74, 6) is -0.530. The van der Waals surface area contributed by atoms with Gasteiger partial charge in [-0.05, 0) is 57.5 Å². The standard InChI is InChI=1S/C26H26ClF3N6O3/c1-13(2)33-25-34-20-12-35(23(38)15-5-7-19(27)18(10-15)26(28,29)30)14(3)9-17(20)24(39)36(25)21-8-6-16(11-32-21)22(37)31-4/h5-8,10-11,13-14H,9,12H2,1-4H3,(H,31,37)(H,33,34)/t14-/m1/s1. The zero-order valence-corrected chi connectivity index (χ0v) is 22.3. The van der Waals surface area contributed by atoms with Gasteiger partial charge in [0, 0.05) is 36.5 Å². The molecule has 0 radical (unpaired) electrons. The smallest absolute Gasteiger partial charge is 0.355 e. The molecule has 0 spiro atoms. The average Bonchev–Trinajstić information content (AvgIpc) is 2.87. The van der Waals surface area contributed by atoms with Gasteiger partial charge in [0.1, 0.15) is 5.82 Å². The molecule has 1 aromatic carbocycles. The fourth-order valence-corrected chi connectivity index (χ4v) is 4.56. The summed E-state index contributed by atoms with van der Waals surface area (Å²) in [6, 6.07) is 5.46. The second-order valence-electron chi connectivity index (χ2n) is 9.46. The lowest BCUT2D eigenvalue weighted by molar-refractivity contribution is -0.137. The molecule has 0 fully saturated rings. The molecule has 2 N–H and O–H groups in total. The molecule has 206 valence electrons. The summed E-state index contributed by atoms with van der Waals surface area (Å²) in [6.07, 6.45) is -3.24. The zero-order valence-electron chi connectivity index (χ0n) is 21.6. The Hall–Kier alpha value is -3.93. The Balaban J connectivity index is 1.75. The van der Waals surface area contributed by atoms with Gasteiger partial charge in [0.15, 0.2) is 0 Å². The van der Waals surface area contributed by atoms with Gasteiger partial charge in [0.25, 0.3) is 17.4 Å². The number of anilines is 1. The summed E-state index contributed by atoms with van der Waals surface area (Å²) in [6.45, 7) is 5.34. The monoisotopic (exact) mass is 562 g/mol. The first-order chi connectivity index (χ1) is 18.3. The van der Waals surface area contributed by atoms with Crippen molar-refractivity contribution in [2.75, 3.05) is 12.4 Å². The van der Waals surface area contributed by atoms with E-state index in [0.29, 0.717) is 16.8 Å². The Morgan fingerprint density at radius 2 is 1.85 bits per heavy atom. The fourth-order valence-electron chi connectivity index (χ4n) is 4.34. The van der Waals surface area contributed by atoms with E-state index in [1.807, 2.05) is 13.8 Å². The SMILES string of the molecule is CNC(=O)c1ccc(-n2c(NC(C)C)nc3c(c2=O)C[C@@H](C)N(C(=O)c2ccc(Cl)c(C(F)(F)F)c2)C3)nc1. The van der Waals surface area contributed by atoms with Gasteiger partial charge in [-0.3, -0.25) is 14.4 Å². The molecule has 1 atom stereocenters. The Morgan fingerprint density at radius 3 is 2.44 bits per heavy atom. The van der Waals surface area contributed by atoms with E-state index in [4.69, 9.17) is 11.6 Å². The van der Waals surface area contributed by atoms with Crippen LogP contribution in [0.2, 0.25) is 5.02 Å². The third-order valence-corrected chi connectivity index (χ3v) is 6.61. The number of fused-ring (bicyclic) bond motifs is 1. The molecule has 0 bridgehead atoms. The first-order valence-electron chi connectivity index (χ1n) is 12.1. The quantitative estimate of drug-likeness (QED) is 0.485. The van der Waals surface area contributed by atoms with Gasteiger partial charge in [-0.1, -0.05) is 11.6 Å². The third kappa shape index (κ3) is 5.60. The number of benzene rings is 1. The van der Waals surface area contributed by atoms with E-state index < -0.39 is 34.3 Å². The summed E-state index contributed by atoms with van der Waals surface area (Å²) < 4.78 is 41.4. The van der Waals surface area contributed by atoms with E-state index in [1.165, 1.54) is 40.9 Å². The summed E-state index contributed by atoms with van der Waals surface area (Å²) in [5, 5.41) is 5.12. The fraction of sp³-hybridized carbons (Fsp3) is 0.346.